The van der Waals surface area contributed by atoms with Crippen LogP contribution in [0.2, 0.25) is 10.0 Å². The molecule has 1 aromatic rings. The second-order valence-corrected chi connectivity index (χ2v) is 4.93. The number of halogens is 2. The molecule has 0 saturated heterocycles. The minimum Gasteiger partial charge on any atom is -0.317 e. The van der Waals surface area contributed by atoms with Crippen molar-refractivity contribution in [3.8, 4) is 0 Å². The third-order valence-corrected chi connectivity index (χ3v) is 3.55. The smallest absolute Gasteiger partial charge is 0.246 e. The third-order valence-electron chi connectivity index (χ3n) is 2.81. The van der Waals surface area contributed by atoms with Gasteiger partial charge in [-0.25, -0.2) is 0 Å². The largest absolute Gasteiger partial charge is 0.317 e. The van der Waals surface area contributed by atoms with Crippen molar-refractivity contribution in [2.45, 2.75) is 18.4 Å². The van der Waals surface area contributed by atoms with Gasteiger partial charge in [-0.05, 0) is 31.0 Å². The van der Waals surface area contributed by atoms with Crippen LogP contribution in [0.5, 0.6) is 0 Å². The summed E-state index contributed by atoms with van der Waals surface area (Å²) in [6.07, 6.45) is 1.50. The van der Waals surface area contributed by atoms with Gasteiger partial charge in [0.2, 0.25) is 5.91 Å². The lowest BCUT2D eigenvalue weighted by Gasteiger charge is -2.21. The van der Waals surface area contributed by atoms with Crippen LogP contribution in [0.25, 0.3) is 0 Å². The van der Waals surface area contributed by atoms with Crippen molar-refractivity contribution in [2.75, 3.05) is 11.9 Å². The Kier molecular flexibility index (Phi) is 2.86. The maximum Gasteiger partial charge on any atom is 0.246 e. The molecule has 0 bridgehead atoms. The van der Waals surface area contributed by atoms with Gasteiger partial charge >= 0.3 is 0 Å². The monoisotopic (exact) mass is 258 g/mol. The lowest BCUT2D eigenvalue weighted by Crippen LogP contribution is -2.43. The van der Waals surface area contributed by atoms with Crippen LogP contribution in [0.15, 0.2) is 18.2 Å². The fraction of sp³-hybridized carbons (Fsp3) is 0.364. The zero-order valence-electron chi connectivity index (χ0n) is 8.84. The van der Waals surface area contributed by atoms with Gasteiger partial charge in [0.1, 0.15) is 0 Å². The molecule has 5 heteroatoms. The van der Waals surface area contributed by atoms with Crippen LogP contribution in [-0.2, 0) is 4.79 Å². The van der Waals surface area contributed by atoms with Crippen molar-refractivity contribution in [3.05, 3.63) is 28.2 Å². The van der Waals surface area contributed by atoms with Crippen LogP contribution < -0.4 is 10.6 Å². The number of benzene rings is 1. The van der Waals surface area contributed by atoms with E-state index in [4.69, 9.17) is 28.9 Å². The summed E-state index contributed by atoms with van der Waals surface area (Å²) >= 11 is 11.7. The molecule has 0 aliphatic heterocycles. The highest BCUT2D eigenvalue weighted by Crippen LogP contribution is 2.36. The van der Waals surface area contributed by atoms with Crippen molar-refractivity contribution in [1.82, 2.24) is 0 Å². The van der Waals surface area contributed by atoms with Gasteiger partial charge in [0.05, 0.1) is 15.6 Å². The van der Waals surface area contributed by atoms with E-state index in [1.165, 1.54) is 4.90 Å². The second kappa shape index (κ2) is 3.91. The number of likely N-dealkylation sites (N-methyl/N-ethyl adjacent to an activating group) is 1. The number of nitrogens with two attached hydrogens (primary N) is 1. The van der Waals surface area contributed by atoms with Crippen LogP contribution >= 0.6 is 23.2 Å². The predicted molar refractivity (Wildman–Crippen MR) is 66.0 cm³/mol. The highest BCUT2D eigenvalue weighted by atomic mass is 35.5. The fourth-order valence-corrected chi connectivity index (χ4v) is 1.79. The molecular weight excluding hydrogens is 247 g/mol. The third kappa shape index (κ3) is 2.03. The Balaban J connectivity index is 2.23. The van der Waals surface area contributed by atoms with Gasteiger partial charge in [0, 0.05) is 12.7 Å². The first-order chi connectivity index (χ1) is 7.44. The molecule has 0 radical (unpaired) electrons. The van der Waals surface area contributed by atoms with Gasteiger partial charge in [-0.1, -0.05) is 23.2 Å². The number of hydrogen-bond donors (Lipinski definition) is 1. The number of nitrogens with zero attached hydrogens (tertiary/aromatic N) is 1. The van der Waals surface area contributed by atoms with Gasteiger partial charge in [0.15, 0.2) is 0 Å². The topological polar surface area (TPSA) is 46.3 Å². The molecule has 16 heavy (non-hydrogen) atoms. The standard InChI is InChI=1S/C11H12Cl2N2O/c1-15(10(16)11(14)4-5-11)7-2-3-8(12)9(13)6-7/h2-3,6H,4-5,14H2,1H3. The summed E-state index contributed by atoms with van der Waals surface area (Å²) < 4.78 is 0. The molecule has 0 unspecified atom stereocenters. The van der Waals surface area contributed by atoms with Gasteiger partial charge in [-0.15, -0.1) is 0 Å². The number of carbonyl (C=O) groups excluding carboxylic acids is 1. The van der Waals surface area contributed by atoms with E-state index in [-0.39, 0.29) is 5.91 Å². The number of amides is 1. The molecule has 1 aliphatic carbocycles. The number of rotatable bonds is 2. The number of hydrogen-bond acceptors (Lipinski definition) is 2. The van der Waals surface area contributed by atoms with E-state index in [1.807, 2.05) is 0 Å². The van der Waals surface area contributed by atoms with Crippen molar-refractivity contribution in [3.63, 3.8) is 0 Å². The average Bonchev–Trinajstić information content (AvgIpc) is 3.00. The molecule has 3 nitrogen and oxygen atoms in total. The van der Waals surface area contributed by atoms with Gasteiger partial charge in [0.25, 0.3) is 0 Å². The second-order valence-electron chi connectivity index (χ2n) is 4.12. The molecule has 1 fully saturated rings. The summed E-state index contributed by atoms with van der Waals surface area (Å²) in [4.78, 5) is 13.5. The molecule has 1 aliphatic rings. The van der Waals surface area contributed by atoms with Gasteiger partial charge in [-0.2, -0.15) is 0 Å². The normalized spacial score (nSPS) is 17.0. The number of anilines is 1. The van der Waals surface area contributed by atoms with E-state index in [0.29, 0.717) is 15.7 Å². The molecule has 1 aromatic carbocycles. The lowest BCUT2D eigenvalue weighted by atomic mass is 10.2. The quantitative estimate of drug-likeness (QED) is 0.886. The summed E-state index contributed by atoms with van der Waals surface area (Å²) in [5, 5.41) is 0.904. The first-order valence-electron chi connectivity index (χ1n) is 4.96. The summed E-state index contributed by atoms with van der Waals surface area (Å²) in [7, 11) is 1.69. The predicted octanol–water partition coefficient (Wildman–Crippen LogP) is 2.45. The van der Waals surface area contributed by atoms with E-state index >= 15 is 0 Å². The molecule has 2 N–H and O–H groups in total. The Labute approximate surface area is 104 Å². The zero-order chi connectivity index (χ0) is 11.9. The first kappa shape index (κ1) is 11.7. The maximum absolute atomic E-state index is 11.9. The zero-order valence-corrected chi connectivity index (χ0v) is 10.3. The summed E-state index contributed by atoms with van der Waals surface area (Å²) in [5.41, 5.74) is 5.88. The summed E-state index contributed by atoms with van der Waals surface area (Å²) in [6.45, 7) is 0. The molecule has 1 amide bonds. The highest BCUT2D eigenvalue weighted by molar-refractivity contribution is 6.42. The van der Waals surface area contributed by atoms with E-state index in [1.54, 1.807) is 25.2 Å². The summed E-state index contributed by atoms with van der Waals surface area (Å²) in [6, 6.07) is 5.07. The van der Waals surface area contributed by atoms with Gasteiger partial charge in [-0.3, -0.25) is 4.79 Å². The van der Waals surface area contributed by atoms with E-state index < -0.39 is 5.54 Å². The Morgan fingerprint density at radius 3 is 2.50 bits per heavy atom. The van der Waals surface area contributed by atoms with Crippen molar-refractivity contribution < 1.29 is 4.79 Å². The van der Waals surface area contributed by atoms with Crippen LogP contribution in [0.4, 0.5) is 5.69 Å². The average molecular weight is 259 g/mol. The van der Waals surface area contributed by atoms with Crippen molar-refractivity contribution in [1.29, 1.82) is 0 Å². The van der Waals surface area contributed by atoms with Crippen LogP contribution in [-0.4, -0.2) is 18.5 Å². The molecular formula is C11H12Cl2N2O. The fourth-order valence-electron chi connectivity index (χ4n) is 1.49. The van der Waals surface area contributed by atoms with Crippen molar-refractivity contribution in [2.24, 2.45) is 5.73 Å². The Morgan fingerprint density at radius 1 is 1.38 bits per heavy atom. The SMILES string of the molecule is CN(C(=O)C1(N)CC1)c1ccc(Cl)c(Cl)c1. The van der Waals surface area contributed by atoms with Crippen LogP contribution in [0.1, 0.15) is 12.8 Å². The lowest BCUT2D eigenvalue weighted by molar-refractivity contribution is -0.120. The molecule has 0 spiro atoms. The molecule has 0 aromatic heterocycles. The maximum atomic E-state index is 11.9. The Bertz CT molecular complexity index is 444. The molecule has 0 atom stereocenters. The highest BCUT2D eigenvalue weighted by Gasteiger charge is 2.47. The van der Waals surface area contributed by atoms with E-state index in [2.05, 4.69) is 0 Å². The molecule has 2 rings (SSSR count). The Morgan fingerprint density at radius 2 is 2.00 bits per heavy atom. The molecule has 0 heterocycles. The summed E-state index contributed by atoms with van der Waals surface area (Å²) in [5.74, 6) is -0.0779. The van der Waals surface area contributed by atoms with Gasteiger partial charge < -0.3 is 10.6 Å². The first-order valence-corrected chi connectivity index (χ1v) is 5.72. The van der Waals surface area contributed by atoms with Crippen LogP contribution in [0, 0.1) is 0 Å². The minimum atomic E-state index is -0.666. The molecule has 1 saturated carbocycles. The number of carbonyl (C=O) groups is 1. The van der Waals surface area contributed by atoms with E-state index in [0.717, 1.165) is 12.8 Å². The van der Waals surface area contributed by atoms with Crippen LogP contribution in [0.3, 0.4) is 0 Å². The van der Waals surface area contributed by atoms with Crippen molar-refractivity contribution >= 4 is 34.8 Å². The molecule has 86 valence electrons. The van der Waals surface area contributed by atoms with E-state index in [9.17, 15) is 4.79 Å². The Hall–Kier alpha value is -0.770. The minimum absolute atomic E-state index is 0.0779.